The second kappa shape index (κ2) is 4.03. The van der Waals surface area contributed by atoms with Crippen LogP contribution in [-0.2, 0) is 0 Å². The van der Waals surface area contributed by atoms with E-state index in [9.17, 15) is 4.79 Å². The van der Waals surface area contributed by atoms with Crippen molar-refractivity contribution in [2.45, 2.75) is 6.92 Å². The van der Waals surface area contributed by atoms with Gasteiger partial charge in [0.1, 0.15) is 0 Å². The molecule has 0 saturated carbocycles. The lowest BCUT2D eigenvalue weighted by Gasteiger charge is -1.99. The van der Waals surface area contributed by atoms with Crippen molar-refractivity contribution < 1.29 is 4.79 Å². The van der Waals surface area contributed by atoms with Gasteiger partial charge >= 0.3 is 0 Å². The second-order valence-electron chi connectivity index (χ2n) is 4.00. The van der Waals surface area contributed by atoms with Gasteiger partial charge in [0.2, 0.25) is 5.78 Å². The van der Waals surface area contributed by atoms with Gasteiger partial charge in [-0.15, -0.1) is 10.2 Å². The summed E-state index contributed by atoms with van der Waals surface area (Å²) in [6.45, 7) is 1.87. The number of ketones is 1. The van der Waals surface area contributed by atoms with Crippen molar-refractivity contribution in [3.05, 3.63) is 59.5 Å². The summed E-state index contributed by atoms with van der Waals surface area (Å²) >= 11 is 0. The minimum atomic E-state index is -0.154. The van der Waals surface area contributed by atoms with Crippen molar-refractivity contribution in [1.82, 2.24) is 19.8 Å². The summed E-state index contributed by atoms with van der Waals surface area (Å²) in [5, 5.41) is 12.1. The molecule has 0 unspecified atom stereocenters. The molecule has 3 aromatic rings. The Morgan fingerprint density at radius 1 is 1.17 bits per heavy atom. The van der Waals surface area contributed by atoms with Crippen LogP contribution in [0.2, 0.25) is 0 Å². The fourth-order valence-corrected chi connectivity index (χ4v) is 1.76. The Morgan fingerprint density at radius 3 is 2.72 bits per heavy atom. The van der Waals surface area contributed by atoms with E-state index in [0.717, 1.165) is 5.69 Å². The summed E-state index contributed by atoms with van der Waals surface area (Å²) in [6.07, 6.45) is 1.60. The third kappa shape index (κ3) is 1.75. The summed E-state index contributed by atoms with van der Waals surface area (Å²) in [5.41, 5.74) is 2.36. The normalized spacial score (nSPS) is 10.7. The molecule has 0 amide bonds. The molecule has 0 atom stereocenters. The predicted octanol–water partition coefficient (Wildman–Crippen LogP) is 1.66. The van der Waals surface area contributed by atoms with Crippen molar-refractivity contribution in [2.24, 2.45) is 0 Å². The molecular formula is C13H10N4O. The highest BCUT2D eigenvalue weighted by Crippen LogP contribution is 2.08. The van der Waals surface area contributed by atoms with Crippen LogP contribution in [0.1, 0.15) is 21.7 Å². The fraction of sp³-hybridized carbons (Fsp3) is 0.0769. The molecule has 0 aliphatic carbocycles. The van der Waals surface area contributed by atoms with E-state index in [1.165, 1.54) is 0 Å². The van der Waals surface area contributed by atoms with Gasteiger partial charge in [0, 0.05) is 11.6 Å². The fourth-order valence-electron chi connectivity index (χ4n) is 1.76. The number of hydrogen-bond donors (Lipinski definition) is 0. The number of carbonyl (C=O) groups excluding carboxylic acids is 1. The van der Waals surface area contributed by atoms with Gasteiger partial charge in [-0.05, 0) is 6.92 Å². The first-order valence-electron chi connectivity index (χ1n) is 5.53. The predicted molar refractivity (Wildman–Crippen MR) is 65.4 cm³/mol. The molecule has 88 valence electrons. The Kier molecular flexibility index (Phi) is 2.37. The number of aromatic nitrogens is 4. The number of carbonyl (C=O) groups is 1. The van der Waals surface area contributed by atoms with Crippen molar-refractivity contribution in [2.75, 3.05) is 0 Å². The third-order valence-electron chi connectivity index (χ3n) is 2.61. The Balaban J connectivity index is 2.06. The minimum Gasteiger partial charge on any atom is -0.287 e. The quantitative estimate of drug-likeness (QED) is 0.637. The summed E-state index contributed by atoms with van der Waals surface area (Å²) in [4.78, 5) is 12.2. The smallest absolute Gasteiger partial charge is 0.214 e. The highest BCUT2D eigenvalue weighted by atomic mass is 16.1. The summed E-state index contributed by atoms with van der Waals surface area (Å²) in [7, 11) is 0. The van der Waals surface area contributed by atoms with E-state index >= 15 is 0 Å². The zero-order valence-electron chi connectivity index (χ0n) is 9.74. The number of nitrogens with zero attached hydrogens (tertiary/aromatic N) is 4. The number of benzene rings is 1. The summed E-state index contributed by atoms with van der Waals surface area (Å²) in [6, 6.07) is 10.8. The van der Waals surface area contributed by atoms with Crippen LogP contribution in [0.4, 0.5) is 0 Å². The number of hydrogen-bond acceptors (Lipinski definition) is 4. The SMILES string of the molecule is Cc1cc2nnc(C(=O)c3ccccc3)cn2n1. The molecule has 2 heterocycles. The summed E-state index contributed by atoms with van der Waals surface area (Å²) in [5.74, 6) is -0.154. The van der Waals surface area contributed by atoms with Crippen molar-refractivity contribution in [3.63, 3.8) is 0 Å². The van der Waals surface area contributed by atoms with Crippen LogP contribution in [0.3, 0.4) is 0 Å². The monoisotopic (exact) mass is 238 g/mol. The van der Waals surface area contributed by atoms with E-state index in [0.29, 0.717) is 11.2 Å². The van der Waals surface area contributed by atoms with Gasteiger partial charge in [0.05, 0.1) is 11.9 Å². The first-order valence-corrected chi connectivity index (χ1v) is 5.53. The van der Waals surface area contributed by atoms with Crippen molar-refractivity contribution >= 4 is 11.4 Å². The second-order valence-corrected chi connectivity index (χ2v) is 4.00. The van der Waals surface area contributed by atoms with E-state index in [1.54, 1.807) is 22.8 Å². The topological polar surface area (TPSA) is 60.2 Å². The molecule has 0 aliphatic rings. The molecule has 5 nitrogen and oxygen atoms in total. The lowest BCUT2D eigenvalue weighted by atomic mass is 10.1. The molecule has 2 aromatic heterocycles. The van der Waals surface area contributed by atoms with Crippen LogP contribution in [0, 0.1) is 6.92 Å². The van der Waals surface area contributed by atoms with E-state index < -0.39 is 0 Å². The van der Waals surface area contributed by atoms with E-state index in [1.807, 2.05) is 31.2 Å². The Labute approximate surface area is 103 Å². The molecule has 0 fully saturated rings. The number of aryl methyl sites for hydroxylation is 1. The summed E-state index contributed by atoms with van der Waals surface area (Å²) < 4.78 is 1.57. The maximum Gasteiger partial charge on any atom is 0.214 e. The molecule has 0 N–H and O–H groups in total. The van der Waals surface area contributed by atoms with Gasteiger partial charge in [0.25, 0.3) is 0 Å². The molecule has 3 rings (SSSR count). The largest absolute Gasteiger partial charge is 0.287 e. The standard InChI is InChI=1S/C13H10N4O/c1-9-7-12-15-14-11(8-17(12)16-9)13(18)10-5-3-2-4-6-10/h2-8H,1H3. The van der Waals surface area contributed by atoms with Crippen LogP contribution >= 0.6 is 0 Å². The first kappa shape index (κ1) is 10.6. The Morgan fingerprint density at radius 2 is 1.94 bits per heavy atom. The lowest BCUT2D eigenvalue weighted by Crippen LogP contribution is -2.07. The average Bonchev–Trinajstić information content (AvgIpc) is 2.78. The molecule has 18 heavy (non-hydrogen) atoms. The van der Waals surface area contributed by atoms with Crippen LogP contribution < -0.4 is 0 Å². The molecule has 5 heteroatoms. The average molecular weight is 238 g/mol. The van der Waals surface area contributed by atoms with Crippen LogP contribution in [0.25, 0.3) is 5.65 Å². The van der Waals surface area contributed by atoms with Gasteiger partial charge in [-0.25, -0.2) is 4.52 Å². The van der Waals surface area contributed by atoms with Gasteiger partial charge in [0.15, 0.2) is 11.3 Å². The molecule has 0 aliphatic heterocycles. The van der Waals surface area contributed by atoms with E-state index in [2.05, 4.69) is 15.3 Å². The van der Waals surface area contributed by atoms with E-state index in [-0.39, 0.29) is 11.5 Å². The van der Waals surface area contributed by atoms with Gasteiger partial charge in [-0.3, -0.25) is 4.79 Å². The number of fused-ring (bicyclic) bond motifs is 1. The van der Waals surface area contributed by atoms with Crippen LogP contribution in [0.5, 0.6) is 0 Å². The lowest BCUT2D eigenvalue weighted by molar-refractivity contribution is 0.103. The van der Waals surface area contributed by atoms with Crippen molar-refractivity contribution in [3.8, 4) is 0 Å². The first-order chi connectivity index (χ1) is 8.74. The number of rotatable bonds is 2. The highest BCUT2D eigenvalue weighted by Gasteiger charge is 2.12. The van der Waals surface area contributed by atoms with Crippen LogP contribution in [-0.4, -0.2) is 25.6 Å². The highest BCUT2D eigenvalue weighted by molar-refractivity contribution is 6.07. The van der Waals surface area contributed by atoms with Gasteiger partial charge < -0.3 is 0 Å². The zero-order valence-corrected chi connectivity index (χ0v) is 9.74. The zero-order chi connectivity index (χ0) is 12.5. The third-order valence-corrected chi connectivity index (χ3v) is 2.61. The van der Waals surface area contributed by atoms with Gasteiger partial charge in [-0.2, -0.15) is 5.10 Å². The molecule has 0 spiro atoms. The van der Waals surface area contributed by atoms with Gasteiger partial charge in [-0.1, -0.05) is 30.3 Å². The molecular weight excluding hydrogens is 228 g/mol. The Hall–Kier alpha value is -2.56. The molecule has 0 bridgehead atoms. The van der Waals surface area contributed by atoms with Crippen molar-refractivity contribution in [1.29, 1.82) is 0 Å². The molecule has 1 aromatic carbocycles. The molecule has 0 saturated heterocycles. The van der Waals surface area contributed by atoms with E-state index in [4.69, 9.17) is 0 Å². The Bertz CT molecular complexity index is 718. The maximum atomic E-state index is 12.2. The maximum absolute atomic E-state index is 12.2. The van der Waals surface area contributed by atoms with Crippen LogP contribution in [0.15, 0.2) is 42.6 Å². The molecule has 0 radical (unpaired) electrons. The minimum absolute atomic E-state index is 0.154.